The highest BCUT2D eigenvalue weighted by molar-refractivity contribution is 6.03. The fraction of sp³-hybridized carbons (Fsp3) is 0.111. The predicted molar refractivity (Wildman–Crippen MR) is 89.6 cm³/mol. The van der Waals surface area contributed by atoms with Crippen LogP contribution in [0.1, 0.15) is 17.3 Å². The van der Waals surface area contributed by atoms with Crippen molar-refractivity contribution in [1.82, 2.24) is 4.98 Å². The fourth-order valence-electron chi connectivity index (χ4n) is 2.41. The number of hydrogen-bond acceptors (Lipinski definition) is 4. The van der Waals surface area contributed by atoms with E-state index in [0.29, 0.717) is 29.1 Å². The Balaban J connectivity index is 2.06. The normalized spacial score (nSPS) is 10.5. The smallest absolute Gasteiger partial charge is 0.336 e. The van der Waals surface area contributed by atoms with Gasteiger partial charge in [-0.1, -0.05) is 30.3 Å². The highest BCUT2D eigenvalue weighted by Gasteiger charge is 2.12. The molecule has 0 radical (unpaired) electrons. The van der Waals surface area contributed by atoms with E-state index in [1.165, 1.54) is 6.07 Å². The van der Waals surface area contributed by atoms with Gasteiger partial charge in [-0.2, -0.15) is 0 Å². The lowest BCUT2D eigenvalue weighted by molar-refractivity contribution is 0.0699. The zero-order valence-electron chi connectivity index (χ0n) is 12.6. The zero-order chi connectivity index (χ0) is 16.2. The van der Waals surface area contributed by atoms with Gasteiger partial charge in [-0.15, -0.1) is 0 Å². The lowest BCUT2D eigenvalue weighted by Crippen LogP contribution is -2.03. The molecule has 2 N–H and O–H groups in total. The van der Waals surface area contributed by atoms with Crippen LogP contribution in [0.2, 0.25) is 0 Å². The topological polar surface area (TPSA) is 71.5 Å². The Morgan fingerprint density at radius 2 is 1.91 bits per heavy atom. The quantitative estimate of drug-likeness (QED) is 0.743. The first-order valence-electron chi connectivity index (χ1n) is 7.31. The number of aromatic nitrogens is 1. The number of carboxylic acid groups (broad SMARTS) is 1. The third-order valence-corrected chi connectivity index (χ3v) is 3.40. The van der Waals surface area contributed by atoms with Gasteiger partial charge in [-0.3, -0.25) is 0 Å². The summed E-state index contributed by atoms with van der Waals surface area (Å²) in [6, 6.07) is 16.2. The van der Waals surface area contributed by atoms with Gasteiger partial charge in [0, 0.05) is 5.39 Å². The molecular formula is C18H16N2O3. The van der Waals surface area contributed by atoms with Gasteiger partial charge in [-0.25, -0.2) is 9.78 Å². The summed E-state index contributed by atoms with van der Waals surface area (Å²) < 4.78 is 5.57. The number of anilines is 2. The van der Waals surface area contributed by atoms with Crippen LogP contribution in [0.25, 0.3) is 10.9 Å². The number of ether oxygens (including phenoxy) is 1. The second-order valence-corrected chi connectivity index (χ2v) is 4.93. The maximum absolute atomic E-state index is 11.5. The van der Waals surface area contributed by atoms with E-state index in [0.717, 1.165) is 5.69 Å². The molecule has 0 amide bonds. The molecular weight excluding hydrogens is 292 g/mol. The van der Waals surface area contributed by atoms with Gasteiger partial charge >= 0.3 is 5.97 Å². The number of carbonyl (C=O) groups is 1. The molecule has 0 aliphatic rings. The number of carboxylic acids is 1. The van der Waals surface area contributed by atoms with E-state index < -0.39 is 5.97 Å². The van der Waals surface area contributed by atoms with E-state index in [1.54, 1.807) is 18.2 Å². The van der Waals surface area contributed by atoms with Crippen LogP contribution in [0.5, 0.6) is 5.75 Å². The summed E-state index contributed by atoms with van der Waals surface area (Å²) in [7, 11) is 0. The standard InChI is InChI=1S/C18H16N2O3/c1-2-23-16-10-6-5-9-15(16)20-17-11-13(18(21)22)12-7-3-4-8-14(12)19-17/h3-11H,2H2,1H3,(H,19,20)(H,21,22). The van der Waals surface area contributed by atoms with Gasteiger partial charge in [0.05, 0.1) is 23.4 Å². The Morgan fingerprint density at radius 3 is 2.70 bits per heavy atom. The third-order valence-electron chi connectivity index (χ3n) is 3.40. The lowest BCUT2D eigenvalue weighted by atomic mass is 10.1. The van der Waals surface area contributed by atoms with Gasteiger partial charge < -0.3 is 15.2 Å². The lowest BCUT2D eigenvalue weighted by Gasteiger charge is -2.13. The summed E-state index contributed by atoms with van der Waals surface area (Å²) in [5.74, 6) is 0.180. The summed E-state index contributed by atoms with van der Waals surface area (Å²) in [6.07, 6.45) is 0. The van der Waals surface area contributed by atoms with Gasteiger partial charge in [0.2, 0.25) is 0 Å². The molecule has 2 aromatic carbocycles. The second-order valence-electron chi connectivity index (χ2n) is 4.93. The molecule has 23 heavy (non-hydrogen) atoms. The van der Waals surface area contributed by atoms with E-state index in [-0.39, 0.29) is 5.56 Å². The number of pyridine rings is 1. The van der Waals surface area contributed by atoms with E-state index in [2.05, 4.69) is 10.3 Å². The maximum Gasteiger partial charge on any atom is 0.336 e. The highest BCUT2D eigenvalue weighted by atomic mass is 16.5. The molecule has 0 bridgehead atoms. The average Bonchev–Trinajstić information content (AvgIpc) is 2.56. The van der Waals surface area contributed by atoms with Crippen molar-refractivity contribution < 1.29 is 14.6 Å². The number of rotatable bonds is 5. The van der Waals surface area contributed by atoms with Crippen molar-refractivity contribution in [2.24, 2.45) is 0 Å². The van der Waals surface area contributed by atoms with E-state index in [9.17, 15) is 9.90 Å². The number of hydrogen-bond donors (Lipinski definition) is 2. The van der Waals surface area contributed by atoms with Crippen LogP contribution < -0.4 is 10.1 Å². The molecule has 1 aromatic heterocycles. The van der Waals surface area contributed by atoms with Crippen molar-refractivity contribution in [1.29, 1.82) is 0 Å². The van der Waals surface area contributed by atoms with Gasteiger partial charge in [0.25, 0.3) is 0 Å². The van der Waals surface area contributed by atoms with Crippen molar-refractivity contribution in [3.05, 3.63) is 60.2 Å². The zero-order valence-corrected chi connectivity index (χ0v) is 12.6. The average molecular weight is 308 g/mol. The Morgan fingerprint density at radius 1 is 1.17 bits per heavy atom. The summed E-state index contributed by atoms with van der Waals surface area (Å²) in [6.45, 7) is 2.46. The summed E-state index contributed by atoms with van der Waals surface area (Å²) in [5, 5.41) is 13.2. The predicted octanol–water partition coefficient (Wildman–Crippen LogP) is 4.08. The molecule has 3 aromatic rings. The van der Waals surface area contributed by atoms with Crippen molar-refractivity contribution in [2.45, 2.75) is 6.92 Å². The second kappa shape index (κ2) is 6.36. The number of nitrogens with one attached hydrogen (secondary N) is 1. The van der Waals surface area contributed by atoms with Crippen molar-refractivity contribution >= 4 is 28.4 Å². The van der Waals surface area contributed by atoms with E-state index in [1.807, 2.05) is 37.3 Å². The minimum absolute atomic E-state index is 0.215. The molecule has 5 nitrogen and oxygen atoms in total. The van der Waals surface area contributed by atoms with Crippen LogP contribution in [0, 0.1) is 0 Å². The highest BCUT2D eigenvalue weighted by Crippen LogP contribution is 2.28. The Bertz CT molecular complexity index is 862. The van der Waals surface area contributed by atoms with Gasteiger partial charge in [0.15, 0.2) is 0 Å². The summed E-state index contributed by atoms with van der Waals surface area (Å²) in [5.41, 5.74) is 1.59. The molecule has 0 aliphatic carbocycles. The number of nitrogens with zero attached hydrogens (tertiary/aromatic N) is 1. The monoisotopic (exact) mass is 308 g/mol. The van der Waals surface area contributed by atoms with Crippen LogP contribution >= 0.6 is 0 Å². The number of para-hydroxylation sites is 3. The fourth-order valence-corrected chi connectivity index (χ4v) is 2.41. The molecule has 1 heterocycles. The van der Waals surface area contributed by atoms with E-state index in [4.69, 9.17) is 4.74 Å². The van der Waals surface area contributed by atoms with Crippen LogP contribution in [0.4, 0.5) is 11.5 Å². The van der Waals surface area contributed by atoms with Gasteiger partial charge in [0.1, 0.15) is 11.6 Å². The molecule has 116 valence electrons. The van der Waals surface area contributed by atoms with Crippen molar-refractivity contribution in [2.75, 3.05) is 11.9 Å². The SMILES string of the molecule is CCOc1ccccc1Nc1cc(C(=O)O)c2ccccc2n1. The van der Waals surface area contributed by atoms with E-state index >= 15 is 0 Å². The maximum atomic E-state index is 11.5. The first-order chi connectivity index (χ1) is 11.2. The first kappa shape index (κ1) is 14.8. The van der Waals surface area contributed by atoms with Crippen LogP contribution in [0.3, 0.4) is 0 Å². The van der Waals surface area contributed by atoms with Crippen LogP contribution in [-0.2, 0) is 0 Å². The molecule has 0 atom stereocenters. The largest absolute Gasteiger partial charge is 0.492 e. The Hall–Kier alpha value is -3.08. The van der Waals surface area contributed by atoms with Crippen molar-refractivity contribution in [3.63, 3.8) is 0 Å². The Labute approximate surface area is 133 Å². The minimum atomic E-state index is -0.982. The molecule has 0 spiro atoms. The first-order valence-corrected chi connectivity index (χ1v) is 7.31. The third kappa shape index (κ3) is 3.08. The van der Waals surface area contributed by atoms with Crippen LogP contribution in [0.15, 0.2) is 54.6 Å². The number of aromatic carboxylic acids is 1. The molecule has 5 heteroatoms. The van der Waals surface area contributed by atoms with Gasteiger partial charge in [-0.05, 0) is 31.2 Å². The molecule has 0 aliphatic heterocycles. The summed E-state index contributed by atoms with van der Waals surface area (Å²) in [4.78, 5) is 16.0. The Kier molecular flexibility index (Phi) is 4.10. The molecule has 0 unspecified atom stereocenters. The molecule has 0 saturated carbocycles. The number of benzene rings is 2. The molecule has 0 fully saturated rings. The summed E-state index contributed by atoms with van der Waals surface area (Å²) >= 11 is 0. The molecule has 0 saturated heterocycles. The minimum Gasteiger partial charge on any atom is -0.492 e. The number of fused-ring (bicyclic) bond motifs is 1. The van der Waals surface area contributed by atoms with Crippen LogP contribution in [-0.4, -0.2) is 22.7 Å². The molecule has 3 rings (SSSR count). The van der Waals surface area contributed by atoms with Crippen molar-refractivity contribution in [3.8, 4) is 5.75 Å².